The Morgan fingerprint density at radius 2 is 1.89 bits per heavy atom. The van der Waals surface area contributed by atoms with Crippen molar-refractivity contribution in [2.45, 2.75) is 31.2 Å². The maximum Gasteiger partial charge on any atom is 0.334 e. The van der Waals surface area contributed by atoms with Gasteiger partial charge in [-0.1, -0.05) is 37.3 Å². The molecule has 6 nitrogen and oxygen atoms in total. The molecule has 27 heavy (non-hydrogen) atoms. The Balaban J connectivity index is 1.75. The average Bonchev–Trinajstić information content (AvgIpc) is 2.69. The SMILES string of the molecule is CC1CCC(NC(=O)c2cccc3c2OCCO3)(C(=O)O)c2ccccc21. The van der Waals surface area contributed by atoms with Crippen LogP contribution in [0.5, 0.6) is 11.5 Å². The number of rotatable bonds is 3. The van der Waals surface area contributed by atoms with Gasteiger partial charge in [-0.2, -0.15) is 0 Å². The fourth-order valence-electron chi connectivity index (χ4n) is 3.96. The third-order valence-electron chi connectivity index (χ3n) is 5.41. The number of aliphatic carboxylic acids is 1. The zero-order chi connectivity index (χ0) is 19.0. The molecule has 6 heteroatoms. The largest absolute Gasteiger partial charge is 0.486 e. The maximum atomic E-state index is 13.1. The lowest BCUT2D eigenvalue weighted by Crippen LogP contribution is -2.54. The number of carboxylic acid groups (broad SMARTS) is 1. The number of amides is 1. The van der Waals surface area contributed by atoms with Crippen molar-refractivity contribution in [3.8, 4) is 11.5 Å². The van der Waals surface area contributed by atoms with Crippen LogP contribution in [0, 0.1) is 0 Å². The lowest BCUT2D eigenvalue weighted by atomic mass is 9.72. The van der Waals surface area contributed by atoms with E-state index in [1.165, 1.54) is 0 Å². The maximum absolute atomic E-state index is 13.1. The van der Waals surface area contributed by atoms with E-state index in [9.17, 15) is 14.7 Å². The number of fused-ring (bicyclic) bond motifs is 2. The summed E-state index contributed by atoms with van der Waals surface area (Å²) in [5.74, 6) is -0.441. The van der Waals surface area contributed by atoms with Crippen molar-refractivity contribution >= 4 is 11.9 Å². The number of carboxylic acids is 1. The van der Waals surface area contributed by atoms with Crippen LogP contribution in [-0.2, 0) is 10.3 Å². The normalized spacial score (nSPS) is 23.2. The minimum absolute atomic E-state index is 0.242. The highest BCUT2D eigenvalue weighted by molar-refractivity contribution is 6.01. The second kappa shape index (κ2) is 6.61. The van der Waals surface area contributed by atoms with Crippen molar-refractivity contribution in [2.24, 2.45) is 0 Å². The molecule has 2 unspecified atom stereocenters. The van der Waals surface area contributed by atoms with Crippen LogP contribution in [0.4, 0.5) is 0 Å². The highest BCUT2D eigenvalue weighted by Crippen LogP contribution is 2.42. The summed E-state index contributed by atoms with van der Waals surface area (Å²) in [6, 6.07) is 12.5. The molecular formula is C21H21NO5. The molecule has 0 aromatic heterocycles. The molecule has 0 saturated heterocycles. The Labute approximate surface area is 157 Å². The highest BCUT2D eigenvalue weighted by atomic mass is 16.6. The Bertz CT molecular complexity index is 909. The van der Waals surface area contributed by atoms with Gasteiger partial charge in [-0.05, 0) is 42.0 Å². The third-order valence-corrected chi connectivity index (χ3v) is 5.41. The molecule has 0 saturated carbocycles. The summed E-state index contributed by atoms with van der Waals surface area (Å²) >= 11 is 0. The van der Waals surface area contributed by atoms with E-state index in [-0.39, 0.29) is 11.5 Å². The Morgan fingerprint density at radius 1 is 1.11 bits per heavy atom. The van der Waals surface area contributed by atoms with Crippen LogP contribution in [0.1, 0.15) is 47.2 Å². The van der Waals surface area contributed by atoms with Crippen molar-refractivity contribution in [1.29, 1.82) is 0 Å². The summed E-state index contributed by atoms with van der Waals surface area (Å²) in [7, 11) is 0. The van der Waals surface area contributed by atoms with E-state index in [0.717, 1.165) is 5.56 Å². The van der Waals surface area contributed by atoms with Crippen molar-refractivity contribution in [3.63, 3.8) is 0 Å². The molecule has 1 heterocycles. The topological polar surface area (TPSA) is 84.9 Å². The molecule has 2 atom stereocenters. The van der Waals surface area contributed by atoms with E-state index in [1.807, 2.05) is 18.2 Å². The van der Waals surface area contributed by atoms with Gasteiger partial charge in [0.25, 0.3) is 5.91 Å². The zero-order valence-corrected chi connectivity index (χ0v) is 15.0. The molecule has 0 spiro atoms. The minimum atomic E-state index is -1.46. The number of benzene rings is 2. The highest BCUT2D eigenvalue weighted by Gasteiger charge is 2.46. The van der Waals surface area contributed by atoms with Crippen LogP contribution >= 0.6 is 0 Å². The molecule has 0 radical (unpaired) electrons. The third kappa shape index (κ3) is 2.81. The van der Waals surface area contributed by atoms with Gasteiger partial charge in [0.1, 0.15) is 13.2 Å². The predicted molar refractivity (Wildman–Crippen MR) is 98.3 cm³/mol. The van der Waals surface area contributed by atoms with Crippen LogP contribution < -0.4 is 14.8 Å². The Kier molecular flexibility index (Phi) is 4.26. The van der Waals surface area contributed by atoms with Gasteiger partial charge in [0.15, 0.2) is 17.0 Å². The molecule has 2 aromatic carbocycles. The minimum Gasteiger partial charge on any atom is -0.486 e. The first kappa shape index (κ1) is 17.4. The molecular weight excluding hydrogens is 346 g/mol. The van der Waals surface area contributed by atoms with Gasteiger partial charge < -0.3 is 19.9 Å². The molecule has 2 aliphatic rings. The zero-order valence-electron chi connectivity index (χ0n) is 15.0. The van der Waals surface area contributed by atoms with E-state index in [4.69, 9.17) is 9.47 Å². The number of hydrogen-bond donors (Lipinski definition) is 2. The second-order valence-corrected chi connectivity index (χ2v) is 7.02. The van der Waals surface area contributed by atoms with Gasteiger partial charge in [0.2, 0.25) is 0 Å². The molecule has 2 aromatic rings. The summed E-state index contributed by atoms with van der Waals surface area (Å²) < 4.78 is 11.1. The van der Waals surface area contributed by atoms with Crippen LogP contribution in [0.3, 0.4) is 0 Å². The average molecular weight is 367 g/mol. The number of hydrogen-bond acceptors (Lipinski definition) is 4. The summed E-state index contributed by atoms with van der Waals surface area (Å²) in [6.07, 6.45) is 1.01. The van der Waals surface area contributed by atoms with E-state index in [1.54, 1.807) is 24.3 Å². The summed E-state index contributed by atoms with van der Waals surface area (Å²) in [6.45, 7) is 2.84. The predicted octanol–water partition coefficient (Wildman–Crippen LogP) is 3.07. The van der Waals surface area contributed by atoms with Gasteiger partial charge in [-0.3, -0.25) is 4.79 Å². The van der Waals surface area contributed by atoms with Crippen LogP contribution in [0.2, 0.25) is 0 Å². The molecule has 1 aliphatic heterocycles. The first-order valence-corrected chi connectivity index (χ1v) is 9.07. The van der Waals surface area contributed by atoms with E-state index in [2.05, 4.69) is 12.2 Å². The number of carbonyl (C=O) groups is 2. The number of carbonyl (C=O) groups excluding carboxylic acids is 1. The van der Waals surface area contributed by atoms with Gasteiger partial charge in [0, 0.05) is 0 Å². The number of nitrogens with one attached hydrogen (secondary N) is 1. The summed E-state index contributed by atoms with van der Waals surface area (Å²) in [5, 5.41) is 12.9. The lowest BCUT2D eigenvalue weighted by Gasteiger charge is -2.38. The summed E-state index contributed by atoms with van der Waals surface area (Å²) in [5.41, 5.74) is 0.426. The first-order valence-electron chi connectivity index (χ1n) is 9.07. The summed E-state index contributed by atoms with van der Waals surface area (Å²) in [4.78, 5) is 25.4. The monoisotopic (exact) mass is 367 g/mol. The van der Waals surface area contributed by atoms with Gasteiger partial charge in [-0.15, -0.1) is 0 Å². The number of ether oxygens (including phenoxy) is 2. The molecule has 2 N–H and O–H groups in total. The Hall–Kier alpha value is -3.02. The van der Waals surface area contributed by atoms with Crippen molar-refractivity contribution in [2.75, 3.05) is 13.2 Å². The molecule has 0 bridgehead atoms. The molecule has 1 amide bonds. The van der Waals surface area contributed by atoms with E-state index in [0.29, 0.717) is 43.1 Å². The smallest absolute Gasteiger partial charge is 0.334 e. The fourth-order valence-corrected chi connectivity index (χ4v) is 3.96. The quantitative estimate of drug-likeness (QED) is 0.871. The van der Waals surface area contributed by atoms with Gasteiger partial charge in [0.05, 0.1) is 5.56 Å². The Morgan fingerprint density at radius 3 is 2.70 bits per heavy atom. The van der Waals surface area contributed by atoms with Crippen molar-refractivity contribution < 1.29 is 24.2 Å². The molecule has 1 aliphatic carbocycles. The molecule has 4 rings (SSSR count). The van der Waals surface area contributed by atoms with Crippen LogP contribution in [0.15, 0.2) is 42.5 Å². The van der Waals surface area contributed by atoms with Crippen LogP contribution in [-0.4, -0.2) is 30.2 Å². The number of para-hydroxylation sites is 1. The second-order valence-electron chi connectivity index (χ2n) is 7.02. The van der Waals surface area contributed by atoms with Gasteiger partial charge in [-0.25, -0.2) is 4.79 Å². The standard InChI is InChI=1S/C21H21NO5/c1-13-9-10-21(20(24)25,16-7-3-2-5-14(13)16)22-19(23)15-6-4-8-17-18(15)27-12-11-26-17/h2-8,13H,9-12H2,1H3,(H,22,23)(H,24,25). The van der Waals surface area contributed by atoms with Crippen molar-refractivity contribution in [1.82, 2.24) is 5.32 Å². The molecule has 140 valence electrons. The van der Waals surface area contributed by atoms with E-state index < -0.39 is 17.4 Å². The lowest BCUT2D eigenvalue weighted by molar-refractivity contribution is -0.145. The first-order chi connectivity index (χ1) is 13.0. The fraction of sp³-hybridized carbons (Fsp3) is 0.333. The molecule has 0 fully saturated rings. The van der Waals surface area contributed by atoms with Crippen molar-refractivity contribution in [3.05, 3.63) is 59.2 Å². The van der Waals surface area contributed by atoms with E-state index >= 15 is 0 Å². The van der Waals surface area contributed by atoms with Crippen LogP contribution in [0.25, 0.3) is 0 Å². The van der Waals surface area contributed by atoms with Gasteiger partial charge >= 0.3 is 5.97 Å².